The maximum absolute atomic E-state index is 11.3. The van der Waals surface area contributed by atoms with Gasteiger partial charge < -0.3 is 9.84 Å². The zero-order valence-electron chi connectivity index (χ0n) is 8.47. The molecule has 0 aliphatic rings. The number of aliphatic carboxylic acids is 1. The average Bonchev–Trinajstić information content (AvgIpc) is 2.14. The van der Waals surface area contributed by atoms with Gasteiger partial charge in [0, 0.05) is 7.11 Å². The van der Waals surface area contributed by atoms with E-state index in [0.29, 0.717) is 0 Å². The Balaban J connectivity index is 4.38. The first-order valence-corrected chi connectivity index (χ1v) is 5.91. The van der Waals surface area contributed by atoms with Crippen molar-refractivity contribution in [3.8, 4) is 0 Å². The third kappa shape index (κ3) is 6.21. The third-order valence-electron chi connectivity index (χ3n) is 1.58. The molecule has 1 unspecified atom stereocenters. The van der Waals surface area contributed by atoms with E-state index in [-0.39, 0.29) is 18.8 Å². The van der Waals surface area contributed by atoms with Crippen molar-refractivity contribution in [2.24, 2.45) is 0 Å². The summed E-state index contributed by atoms with van der Waals surface area (Å²) in [5.41, 5.74) is 0. The van der Waals surface area contributed by atoms with Gasteiger partial charge in [-0.1, -0.05) is 6.08 Å². The SMILES string of the molecule is C=CCC(NS(=O)(=O)CCOC)C(=O)O. The fraction of sp³-hybridized carbons (Fsp3) is 0.625. The molecule has 0 rings (SSSR count). The lowest BCUT2D eigenvalue weighted by Gasteiger charge is -2.12. The van der Waals surface area contributed by atoms with Crippen LogP contribution in [0, 0.1) is 0 Å². The molecule has 2 N–H and O–H groups in total. The molecule has 0 saturated carbocycles. The van der Waals surface area contributed by atoms with E-state index in [2.05, 4.69) is 11.3 Å². The minimum atomic E-state index is -3.61. The lowest BCUT2D eigenvalue weighted by Crippen LogP contribution is -2.42. The van der Waals surface area contributed by atoms with Crippen molar-refractivity contribution < 1.29 is 23.1 Å². The van der Waals surface area contributed by atoms with E-state index in [1.807, 2.05) is 4.72 Å². The van der Waals surface area contributed by atoms with Crippen LogP contribution < -0.4 is 4.72 Å². The second kappa shape index (κ2) is 6.54. The summed E-state index contributed by atoms with van der Waals surface area (Å²) in [6.45, 7) is 3.38. The van der Waals surface area contributed by atoms with Crippen LogP contribution in [0.15, 0.2) is 12.7 Å². The Morgan fingerprint density at radius 3 is 2.67 bits per heavy atom. The standard InChI is InChI=1S/C8H15NO5S/c1-3-4-7(8(10)11)9-15(12,13)6-5-14-2/h3,7,9H,1,4-6H2,2H3,(H,10,11). The Labute approximate surface area is 89.0 Å². The van der Waals surface area contributed by atoms with E-state index in [1.165, 1.54) is 13.2 Å². The maximum Gasteiger partial charge on any atom is 0.322 e. The van der Waals surface area contributed by atoms with E-state index in [0.717, 1.165) is 0 Å². The van der Waals surface area contributed by atoms with Crippen LogP contribution in [0.1, 0.15) is 6.42 Å². The maximum atomic E-state index is 11.3. The number of rotatable bonds is 8. The van der Waals surface area contributed by atoms with Gasteiger partial charge in [0.15, 0.2) is 0 Å². The molecular weight excluding hydrogens is 222 g/mol. The molecule has 88 valence electrons. The molecule has 0 aromatic carbocycles. The van der Waals surface area contributed by atoms with Gasteiger partial charge in [0.25, 0.3) is 0 Å². The average molecular weight is 237 g/mol. The smallest absolute Gasteiger partial charge is 0.322 e. The zero-order chi connectivity index (χ0) is 11.9. The first-order chi connectivity index (χ1) is 6.93. The van der Waals surface area contributed by atoms with Crippen LogP contribution in [0.3, 0.4) is 0 Å². The predicted molar refractivity (Wildman–Crippen MR) is 55.0 cm³/mol. The molecule has 0 spiro atoms. The van der Waals surface area contributed by atoms with Crippen molar-refractivity contribution in [1.82, 2.24) is 4.72 Å². The minimum Gasteiger partial charge on any atom is -0.480 e. The summed E-state index contributed by atoms with van der Waals surface area (Å²) >= 11 is 0. The molecule has 6 nitrogen and oxygen atoms in total. The van der Waals surface area contributed by atoms with Gasteiger partial charge in [-0.05, 0) is 6.42 Å². The summed E-state index contributed by atoms with van der Waals surface area (Å²) in [5, 5.41) is 8.69. The Morgan fingerprint density at radius 1 is 1.67 bits per heavy atom. The summed E-state index contributed by atoms with van der Waals surface area (Å²) < 4.78 is 29.2. The number of carboxylic acid groups (broad SMARTS) is 1. The van der Waals surface area contributed by atoms with Crippen molar-refractivity contribution in [2.45, 2.75) is 12.5 Å². The number of hydrogen-bond donors (Lipinski definition) is 2. The highest BCUT2D eigenvalue weighted by Crippen LogP contribution is 1.97. The van der Waals surface area contributed by atoms with Gasteiger partial charge in [0.1, 0.15) is 6.04 Å². The van der Waals surface area contributed by atoms with Crippen LogP contribution in [0.25, 0.3) is 0 Å². The zero-order valence-corrected chi connectivity index (χ0v) is 9.29. The molecule has 0 aliphatic carbocycles. The Kier molecular flexibility index (Phi) is 6.14. The van der Waals surface area contributed by atoms with Crippen LogP contribution >= 0.6 is 0 Å². The van der Waals surface area contributed by atoms with Gasteiger partial charge in [-0.3, -0.25) is 4.79 Å². The van der Waals surface area contributed by atoms with E-state index >= 15 is 0 Å². The van der Waals surface area contributed by atoms with Crippen molar-refractivity contribution in [1.29, 1.82) is 0 Å². The predicted octanol–water partition coefficient (Wildman–Crippen LogP) is -0.418. The van der Waals surface area contributed by atoms with Gasteiger partial charge >= 0.3 is 5.97 Å². The number of sulfonamides is 1. The molecule has 7 heteroatoms. The molecule has 0 aromatic rings. The lowest BCUT2D eigenvalue weighted by molar-refractivity contribution is -0.138. The van der Waals surface area contributed by atoms with Crippen molar-refractivity contribution in [3.05, 3.63) is 12.7 Å². The second-order valence-electron chi connectivity index (χ2n) is 2.84. The van der Waals surface area contributed by atoms with Crippen molar-refractivity contribution in [3.63, 3.8) is 0 Å². The molecule has 0 aromatic heterocycles. The Hall–Kier alpha value is -0.920. The summed E-state index contributed by atoms with van der Waals surface area (Å²) in [5.74, 6) is -1.49. The Bertz CT molecular complexity index is 311. The summed E-state index contributed by atoms with van der Waals surface area (Å²) in [6.07, 6.45) is 1.39. The van der Waals surface area contributed by atoms with Crippen LogP contribution in [0.2, 0.25) is 0 Å². The van der Waals surface area contributed by atoms with Crippen molar-refractivity contribution >= 4 is 16.0 Å². The van der Waals surface area contributed by atoms with Crippen LogP contribution in [-0.4, -0.2) is 45.0 Å². The number of carboxylic acids is 1. The van der Waals surface area contributed by atoms with E-state index in [1.54, 1.807) is 0 Å². The van der Waals surface area contributed by atoms with Gasteiger partial charge in [-0.2, -0.15) is 0 Å². The monoisotopic (exact) mass is 237 g/mol. The second-order valence-corrected chi connectivity index (χ2v) is 4.72. The van der Waals surface area contributed by atoms with E-state index in [4.69, 9.17) is 5.11 Å². The highest BCUT2D eigenvalue weighted by molar-refractivity contribution is 7.89. The van der Waals surface area contributed by atoms with Crippen LogP contribution in [-0.2, 0) is 19.6 Å². The lowest BCUT2D eigenvalue weighted by atomic mass is 10.2. The van der Waals surface area contributed by atoms with Gasteiger partial charge in [-0.25, -0.2) is 13.1 Å². The first kappa shape index (κ1) is 14.1. The first-order valence-electron chi connectivity index (χ1n) is 4.25. The largest absolute Gasteiger partial charge is 0.480 e. The molecule has 1 atom stereocenters. The number of ether oxygens (including phenoxy) is 1. The van der Waals surface area contributed by atoms with Gasteiger partial charge in [-0.15, -0.1) is 6.58 Å². The topological polar surface area (TPSA) is 92.7 Å². The summed E-state index contributed by atoms with van der Waals surface area (Å²) in [7, 11) is -2.24. The van der Waals surface area contributed by atoms with Gasteiger partial charge in [0.05, 0.1) is 12.4 Å². The number of carbonyl (C=O) groups is 1. The quantitative estimate of drug-likeness (QED) is 0.559. The number of hydrogen-bond acceptors (Lipinski definition) is 4. The molecule has 0 saturated heterocycles. The third-order valence-corrected chi connectivity index (χ3v) is 2.93. The molecular formula is C8H15NO5S. The summed E-state index contributed by atoms with van der Waals surface area (Å²) in [4.78, 5) is 10.6. The highest BCUT2D eigenvalue weighted by Gasteiger charge is 2.22. The van der Waals surface area contributed by atoms with Crippen LogP contribution in [0.5, 0.6) is 0 Å². The molecule has 15 heavy (non-hydrogen) atoms. The number of methoxy groups -OCH3 is 1. The Morgan fingerprint density at radius 2 is 2.27 bits per heavy atom. The van der Waals surface area contributed by atoms with E-state index in [9.17, 15) is 13.2 Å². The molecule has 0 bridgehead atoms. The van der Waals surface area contributed by atoms with Crippen LogP contribution in [0.4, 0.5) is 0 Å². The number of nitrogens with one attached hydrogen (secondary N) is 1. The fourth-order valence-corrected chi connectivity index (χ4v) is 1.97. The summed E-state index contributed by atoms with van der Waals surface area (Å²) in [6, 6.07) is -1.16. The highest BCUT2D eigenvalue weighted by atomic mass is 32.2. The fourth-order valence-electron chi connectivity index (χ4n) is 0.835. The minimum absolute atomic E-state index is 0.0236. The molecule has 0 aliphatic heterocycles. The van der Waals surface area contributed by atoms with Gasteiger partial charge in [0.2, 0.25) is 10.0 Å². The molecule has 0 amide bonds. The van der Waals surface area contributed by atoms with Crippen molar-refractivity contribution in [2.75, 3.05) is 19.5 Å². The normalized spacial score (nSPS) is 13.4. The molecule has 0 radical (unpaired) electrons. The molecule has 0 heterocycles. The van der Waals surface area contributed by atoms with E-state index < -0.39 is 22.0 Å². The molecule has 0 fully saturated rings.